The number of amides is 2. The van der Waals surface area contributed by atoms with E-state index in [9.17, 15) is 19.5 Å². The largest absolute Gasteiger partial charge is 0.480 e. The first-order valence-electron chi connectivity index (χ1n) is 7.45. The van der Waals surface area contributed by atoms with Crippen molar-refractivity contribution in [2.24, 2.45) is 11.3 Å². The Hall–Kier alpha value is -1.59. The van der Waals surface area contributed by atoms with Gasteiger partial charge in [-0.15, -0.1) is 0 Å². The lowest BCUT2D eigenvalue weighted by atomic mass is 9.90. The Bertz CT molecular complexity index is 414. The molecule has 120 valence electrons. The molecule has 6 heteroatoms. The maximum absolute atomic E-state index is 12.2. The molecule has 21 heavy (non-hydrogen) atoms. The van der Waals surface area contributed by atoms with Gasteiger partial charge < -0.3 is 15.3 Å². The van der Waals surface area contributed by atoms with Crippen LogP contribution < -0.4 is 5.32 Å². The summed E-state index contributed by atoms with van der Waals surface area (Å²) in [5, 5.41) is 12.0. The summed E-state index contributed by atoms with van der Waals surface area (Å²) < 4.78 is 0. The third-order valence-electron chi connectivity index (χ3n) is 3.81. The zero-order valence-electron chi connectivity index (χ0n) is 13.3. The fourth-order valence-electron chi connectivity index (χ4n) is 2.54. The molecule has 1 saturated heterocycles. The third-order valence-corrected chi connectivity index (χ3v) is 3.81. The number of nitrogens with zero attached hydrogens (tertiary/aromatic N) is 1. The van der Waals surface area contributed by atoms with Crippen LogP contribution in [0.2, 0.25) is 0 Å². The molecule has 2 atom stereocenters. The van der Waals surface area contributed by atoms with Crippen LogP contribution in [0.4, 0.5) is 0 Å². The maximum Gasteiger partial charge on any atom is 0.326 e. The molecule has 0 aliphatic carbocycles. The number of carbonyl (C=O) groups excluding carboxylic acids is 2. The fraction of sp³-hybridized carbons (Fsp3) is 0.800. The van der Waals surface area contributed by atoms with Gasteiger partial charge in [0.15, 0.2) is 0 Å². The van der Waals surface area contributed by atoms with Gasteiger partial charge in [0.25, 0.3) is 0 Å². The topological polar surface area (TPSA) is 86.7 Å². The number of nitrogens with one attached hydrogen (secondary N) is 1. The summed E-state index contributed by atoms with van der Waals surface area (Å²) in [7, 11) is 0. The second-order valence-electron chi connectivity index (χ2n) is 6.75. The van der Waals surface area contributed by atoms with Crippen LogP contribution in [0.15, 0.2) is 0 Å². The van der Waals surface area contributed by atoms with Crippen molar-refractivity contribution in [3.8, 4) is 0 Å². The lowest BCUT2D eigenvalue weighted by Crippen LogP contribution is -2.52. The molecular formula is C15H26N2O4. The van der Waals surface area contributed by atoms with Crippen molar-refractivity contribution in [1.82, 2.24) is 10.2 Å². The van der Waals surface area contributed by atoms with Crippen LogP contribution in [-0.2, 0) is 14.4 Å². The number of rotatable bonds is 4. The summed E-state index contributed by atoms with van der Waals surface area (Å²) in [6.45, 7) is 7.99. The molecule has 1 aliphatic heterocycles. The Kier molecular flexibility index (Phi) is 5.75. The van der Waals surface area contributed by atoms with Crippen LogP contribution in [0.5, 0.6) is 0 Å². The van der Waals surface area contributed by atoms with E-state index in [1.54, 1.807) is 20.8 Å². The van der Waals surface area contributed by atoms with E-state index in [1.807, 2.05) is 6.92 Å². The third kappa shape index (κ3) is 4.72. The minimum Gasteiger partial charge on any atom is -0.480 e. The van der Waals surface area contributed by atoms with Crippen LogP contribution in [-0.4, -0.2) is 46.9 Å². The molecular weight excluding hydrogens is 272 g/mol. The van der Waals surface area contributed by atoms with Gasteiger partial charge in [-0.05, 0) is 18.8 Å². The number of piperidine rings is 1. The van der Waals surface area contributed by atoms with Gasteiger partial charge in [0, 0.05) is 24.9 Å². The van der Waals surface area contributed by atoms with E-state index in [4.69, 9.17) is 0 Å². The second-order valence-corrected chi connectivity index (χ2v) is 6.75. The molecule has 0 spiro atoms. The summed E-state index contributed by atoms with van der Waals surface area (Å²) in [6, 6.07) is -0.746. The van der Waals surface area contributed by atoms with E-state index >= 15 is 0 Å². The molecule has 1 fully saturated rings. The predicted molar refractivity (Wildman–Crippen MR) is 78.6 cm³/mol. The van der Waals surface area contributed by atoms with Crippen LogP contribution in [0.25, 0.3) is 0 Å². The molecule has 1 aliphatic rings. The molecule has 0 aromatic carbocycles. The molecule has 0 aromatic heterocycles. The zero-order chi connectivity index (χ0) is 16.2. The van der Waals surface area contributed by atoms with Gasteiger partial charge in [-0.1, -0.05) is 27.7 Å². The first kappa shape index (κ1) is 17.5. The molecule has 2 amide bonds. The number of hydrogen-bond donors (Lipinski definition) is 2. The first-order valence-corrected chi connectivity index (χ1v) is 7.45. The van der Waals surface area contributed by atoms with Crippen molar-refractivity contribution in [3.63, 3.8) is 0 Å². The number of aliphatic carboxylic acids is 1. The van der Waals surface area contributed by atoms with E-state index in [-0.39, 0.29) is 30.7 Å². The van der Waals surface area contributed by atoms with E-state index in [2.05, 4.69) is 5.32 Å². The van der Waals surface area contributed by atoms with Crippen molar-refractivity contribution in [2.45, 2.75) is 53.0 Å². The van der Waals surface area contributed by atoms with Gasteiger partial charge in [0.1, 0.15) is 6.04 Å². The molecule has 0 saturated carbocycles. The molecule has 0 radical (unpaired) electrons. The van der Waals surface area contributed by atoms with Gasteiger partial charge in [0.2, 0.25) is 11.8 Å². The standard InChI is InChI=1S/C15H26N2O4/c1-10-6-5-9-17(12(10)13(19)20)11(18)7-8-16-14(21)15(2,3)4/h10,12H,5-9H2,1-4H3,(H,16,21)(H,19,20). The quantitative estimate of drug-likeness (QED) is 0.818. The van der Waals surface area contributed by atoms with Gasteiger partial charge in [-0.2, -0.15) is 0 Å². The Morgan fingerprint density at radius 2 is 1.90 bits per heavy atom. The van der Waals surface area contributed by atoms with Gasteiger partial charge in [-0.25, -0.2) is 4.79 Å². The van der Waals surface area contributed by atoms with Crippen LogP contribution in [0.1, 0.15) is 47.0 Å². The molecule has 6 nitrogen and oxygen atoms in total. The highest BCUT2D eigenvalue weighted by Crippen LogP contribution is 2.24. The average molecular weight is 298 g/mol. The second kappa shape index (κ2) is 6.91. The first-order chi connectivity index (χ1) is 9.64. The fourth-order valence-corrected chi connectivity index (χ4v) is 2.54. The summed E-state index contributed by atoms with van der Waals surface area (Å²) in [5.41, 5.74) is -0.494. The molecule has 1 heterocycles. The predicted octanol–water partition coefficient (Wildman–Crippen LogP) is 1.25. The smallest absolute Gasteiger partial charge is 0.326 e. The normalized spacial score (nSPS) is 22.8. The summed E-state index contributed by atoms with van der Waals surface area (Å²) in [6.07, 6.45) is 1.78. The van der Waals surface area contributed by atoms with Crippen LogP contribution in [0.3, 0.4) is 0 Å². The Balaban J connectivity index is 2.54. The SMILES string of the molecule is CC1CCCN(C(=O)CCNC(=O)C(C)(C)C)C1C(=O)O. The lowest BCUT2D eigenvalue weighted by molar-refractivity contribution is -0.154. The number of likely N-dealkylation sites (tertiary alicyclic amines) is 1. The summed E-state index contributed by atoms with van der Waals surface area (Å²) in [4.78, 5) is 36.7. The summed E-state index contributed by atoms with van der Waals surface area (Å²) in [5.74, 6) is -1.31. The Labute approximate surface area is 125 Å². The van der Waals surface area contributed by atoms with Crippen molar-refractivity contribution >= 4 is 17.8 Å². The van der Waals surface area contributed by atoms with Crippen LogP contribution >= 0.6 is 0 Å². The van der Waals surface area contributed by atoms with Crippen LogP contribution in [0, 0.1) is 11.3 Å². The average Bonchev–Trinajstić information content (AvgIpc) is 2.36. The molecule has 2 unspecified atom stereocenters. The Morgan fingerprint density at radius 3 is 2.43 bits per heavy atom. The van der Waals surface area contributed by atoms with Crippen molar-refractivity contribution in [3.05, 3.63) is 0 Å². The van der Waals surface area contributed by atoms with E-state index in [1.165, 1.54) is 4.90 Å². The number of carboxylic acids is 1. The Morgan fingerprint density at radius 1 is 1.29 bits per heavy atom. The highest BCUT2D eigenvalue weighted by Gasteiger charge is 2.36. The minimum absolute atomic E-state index is 0.0376. The van der Waals surface area contributed by atoms with Gasteiger partial charge in [0.05, 0.1) is 0 Å². The van der Waals surface area contributed by atoms with Crippen molar-refractivity contribution in [2.75, 3.05) is 13.1 Å². The lowest BCUT2D eigenvalue weighted by Gasteiger charge is -2.37. The molecule has 0 aromatic rings. The molecule has 2 N–H and O–H groups in total. The number of hydrogen-bond acceptors (Lipinski definition) is 3. The van der Waals surface area contributed by atoms with Crippen molar-refractivity contribution < 1.29 is 19.5 Å². The maximum atomic E-state index is 12.2. The van der Waals surface area contributed by atoms with Gasteiger partial charge >= 0.3 is 5.97 Å². The zero-order valence-corrected chi connectivity index (χ0v) is 13.3. The highest BCUT2D eigenvalue weighted by atomic mass is 16.4. The van der Waals surface area contributed by atoms with E-state index < -0.39 is 17.4 Å². The van der Waals surface area contributed by atoms with E-state index in [0.29, 0.717) is 6.54 Å². The van der Waals surface area contributed by atoms with Gasteiger partial charge in [-0.3, -0.25) is 9.59 Å². The molecule has 1 rings (SSSR count). The van der Waals surface area contributed by atoms with E-state index in [0.717, 1.165) is 12.8 Å². The summed E-state index contributed by atoms with van der Waals surface area (Å²) >= 11 is 0. The number of carbonyl (C=O) groups is 3. The van der Waals surface area contributed by atoms with Crippen molar-refractivity contribution in [1.29, 1.82) is 0 Å². The highest BCUT2D eigenvalue weighted by molar-refractivity contribution is 5.85. The minimum atomic E-state index is -0.950. The number of carboxylic acid groups (broad SMARTS) is 1. The molecule has 0 bridgehead atoms. The monoisotopic (exact) mass is 298 g/mol.